The van der Waals surface area contributed by atoms with Crippen LogP contribution in [0.1, 0.15) is 62.4 Å². The number of ether oxygens (including phenoxy) is 1. The van der Waals surface area contributed by atoms with E-state index in [-0.39, 0.29) is 24.3 Å². The highest BCUT2D eigenvalue weighted by Gasteiger charge is 2.47. The van der Waals surface area contributed by atoms with Crippen LogP contribution in [0.15, 0.2) is 18.2 Å². The Balaban J connectivity index is 1.87. The van der Waals surface area contributed by atoms with Crippen LogP contribution in [0.4, 0.5) is 0 Å². The van der Waals surface area contributed by atoms with Crippen molar-refractivity contribution in [3.05, 3.63) is 34.9 Å². The van der Waals surface area contributed by atoms with Crippen LogP contribution >= 0.6 is 0 Å². The van der Waals surface area contributed by atoms with Crippen molar-refractivity contribution in [3.63, 3.8) is 0 Å². The minimum atomic E-state index is -0.877. The second kappa shape index (κ2) is 4.81. The maximum Gasteiger partial charge on any atom is 0.217 e. The zero-order chi connectivity index (χ0) is 14.5. The molecule has 4 nitrogen and oxygen atoms in total. The summed E-state index contributed by atoms with van der Waals surface area (Å²) in [5, 5.41) is 19.7. The Labute approximate surface area is 120 Å². The fraction of sp³-hybridized carbons (Fsp3) is 0.625. The van der Waals surface area contributed by atoms with Crippen molar-refractivity contribution in [1.29, 1.82) is 0 Å². The highest BCUT2D eigenvalue weighted by molar-refractivity contribution is 5.42. The molecule has 0 spiro atoms. The fourth-order valence-electron chi connectivity index (χ4n) is 3.46. The lowest BCUT2D eigenvalue weighted by Gasteiger charge is -2.32. The topological polar surface area (TPSA) is 52.9 Å². The summed E-state index contributed by atoms with van der Waals surface area (Å²) in [5.74, 6) is 0. The molecule has 3 unspecified atom stereocenters. The summed E-state index contributed by atoms with van der Waals surface area (Å²) in [7, 11) is 0. The predicted molar refractivity (Wildman–Crippen MR) is 75.8 cm³/mol. The largest absolute Gasteiger partial charge is 0.392 e. The number of fused-ring (bicyclic) bond motifs is 5. The Morgan fingerprint density at radius 3 is 2.50 bits per heavy atom. The van der Waals surface area contributed by atoms with Crippen molar-refractivity contribution < 1.29 is 14.9 Å². The summed E-state index contributed by atoms with van der Waals surface area (Å²) in [5.41, 5.74) is 3.08. The van der Waals surface area contributed by atoms with Crippen LogP contribution in [-0.2, 0) is 11.3 Å². The number of rotatable bonds is 3. The number of aliphatic hydroxyl groups is 2. The molecule has 2 N–H and O–H groups in total. The summed E-state index contributed by atoms with van der Waals surface area (Å²) < 4.78 is 5.72. The van der Waals surface area contributed by atoms with Crippen molar-refractivity contribution >= 4 is 0 Å². The number of benzene rings is 1. The molecule has 2 aliphatic heterocycles. The molecule has 3 atom stereocenters. The first-order chi connectivity index (χ1) is 9.40. The lowest BCUT2D eigenvalue weighted by Crippen LogP contribution is -2.40. The Morgan fingerprint density at radius 1 is 1.25 bits per heavy atom. The van der Waals surface area contributed by atoms with Crippen LogP contribution in [0.5, 0.6) is 0 Å². The van der Waals surface area contributed by atoms with E-state index in [1.807, 2.05) is 26.8 Å². The molecule has 0 amide bonds. The van der Waals surface area contributed by atoms with Crippen molar-refractivity contribution in [2.45, 2.75) is 64.3 Å². The maximum atomic E-state index is 10.4. The minimum absolute atomic E-state index is 0.0612. The van der Waals surface area contributed by atoms with Gasteiger partial charge in [0.1, 0.15) is 0 Å². The van der Waals surface area contributed by atoms with Gasteiger partial charge in [-0.2, -0.15) is 0 Å². The van der Waals surface area contributed by atoms with Crippen LogP contribution in [0.2, 0.25) is 0 Å². The molecular weight excluding hydrogens is 254 g/mol. The Bertz CT molecular complexity index is 509. The molecule has 1 saturated heterocycles. The molecular formula is C16H23NO3. The molecule has 0 aliphatic carbocycles. The highest BCUT2D eigenvalue weighted by atomic mass is 16.6. The second-order valence-electron chi connectivity index (χ2n) is 6.73. The molecule has 0 aromatic heterocycles. The van der Waals surface area contributed by atoms with Crippen LogP contribution in [0, 0.1) is 0 Å². The van der Waals surface area contributed by atoms with Gasteiger partial charge in [-0.15, -0.1) is 0 Å². The van der Waals surface area contributed by atoms with Gasteiger partial charge in [0, 0.05) is 12.1 Å². The molecule has 2 bridgehead atoms. The molecule has 4 heteroatoms. The Morgan fingerprint density at radius 2 is 1.90 bits per heavy atom. The van der Waals surface area contributed by atoms with Crippen molar-refractivity contribution in [1.82, 2.24) is 4.90 Å². The van der Waals surface area contributed by atoms with Gasteiger partial charge in [0.05, 0.1) is 12.2 Å². The van der Waals surface area contributed by atoms with E-state index in [9.17, 15) is 10.2 Å². The SMILES string of the molecule is CC(C)(C)OC(O)N1C2CCC1c1cc(CO)ccc12. The first kappa shape index (κ1) is 14.0. The molecule has 1 aromatic rings. The molecule has 1 aromatic carbocycles. The molecule has 0 saturated carbocycles. The molecule has 110 valence electrons. The lowest BCUT2D eigenvalue weighted by molar-refractivity contribution is -0.249. The predicted octanol–water partition coefficient (Wildman–Crippen LogP) is 2.46. The van der Waals surface area contributed by atoms with E-state index >= 15 is 0 Å². The van der Waals surface area contributed by atoms with E-state index in [4.69, 9.17) is 4.74 Å². The molecule has 0 radical (unpaired) electrons. The molecule has 3 rings (SSSR count). The van der Waals surface area contributed by atoms with E-state index in [1.54, 1.807) is 0 Å². The van der Waals surface area contributed by atoms with Crippen molar-refractivity contribution in [2.24, 2.45) is 0 Å². The van der Waals surface area contributed by atoms with Gasteiger partial charge in [-0.3, -0.25) is 0 Å². The minimum Gasteiger partial charge on any atom is -0.392 e. The second-order valence-corrected chi connectivity index (χ2v) is 6.73. The third kappa shape index (κ3) is 2.27. The number of aliphatic hydroxyl groups excluding tert-OH is 2. The number of nitrogens with zero attached hydrogens (tertiary/aromatic N) is 1. The van der Waals surface area contributed by atoms with E-state index in [2.05, 4.69) is 17.0 Å². The normalized spacial score (nSPS) is 26.9. The van der Waals surface area contributed by atoms with Gasteiger partial charge >= 0.3 is 0 Å². The summed E-state index contributed by atoms with van der Waals surface area (Å²) in [6, 6.07) is 6.56. The van der Waals surface area contributed by atoms with Crippen LogP contribution in [-0.4, -0.2) is 27.1 Å². The molecule has 1 fully saturated rings. The number of hydrogen-bond donors (Lipinski definition) is 2. The first-order valence-electron chi connectivity index (χ1n) is 7.27. The van der Waals surface area contributed by atoms with Crippen LogP contribution in [0.3, 0.4) is 0 Å². The smallest absolute Gasteiger partial charge is 0.217 e. The third-order valence-electron chi connectivity index (χ3n) is 4.20. The van der Waals surface area contributed by atoms with Crippen molar-refractivity contribution in [2.75, 3.05) is 0 Å². The summed E-state index contributed by atoms with van der Waals surface area (Å²) >= 11 is 0. The average Bonchev–Trinajstić information content (AvgIpc) is 2.92. The highest BCUT2D eigenvalue weighted by Crippen LogP contribution is 2.54. The van der Waals surface area contributed by atoms with Gasteiger partial charge in [0.2, 0.25) is 6.41 Å². The standard InChI is InChI=1S/C16H23NO3/c1-16(2,3)20-15(19)17-13-6-7-14(17)12-8-10(9-18)4-5-11(12)13/h4-5,8,13-15,18-19H,6-7,9H2,1-3H3. The Kier molecular flexibility index (Phi) is 3.37. The summed E-state index contributed by atoms with van der Waals surface area (Å²) in [6.45, 7) is 5.91. The summed E-state index contributed by atoms with van der Waals surface area (Å²) in [4.78, 5) is 2.07. The maximum absolute atomic E-state index is 10.4. The quantitative estimate of drug-likeness (QED) is 0.833. The van der Waals surface area contributed by atoms with E-state index in [0.717, 1.165) is 18.4 Å². The van der Waals surface area contributed by atoms with Crippen LogP contribution < -0.4 is 0 Å². The van der Waals surface area contributed by atoms with E-state index in [1.165, 1.54) is 11.1 Å². The lowest BCUT2D eigenvalue weighted by atomic mass is 9.90. The fourth-order valence-corrected chi connectivity index (χ4v) is 3.46. The van der Waals surface area contributed by atoms with Gasteiger partial charge in [-0.1, -0.05) is 18.2 Å². The summed E-state index contributed by atoms with van der Waals surface area (Å²) in [6.07, 6.45) is 1.22. The monoisotopic (exact) mass is 277 g/mol. The van der Waals surface area contributed by atoms with Crippen molar-refractivity contribution in [3.8, 4) is 0 Å². The van der Waals surface area contributed by atoms with Gasteiger partial charge in [-0.05, 0) is 50.3 Å². The van der Waals surface area contributed by atoms with Gasteiger partial charge in [0.15, 0.2) is 0 Å². The molecule has 20 heavy (non-hydrogen) atoms. The van der Waals surface area contributed by atoms with E-state index in [0.29, 0.717) is 0 Å². The first-order valence-corrected chi connectivity index (χ1v) is 7.27. The molecule has 2 heterocycles. The van der Waals surface area contributed by atoms with Gasteiger partial charge in [0.25, 0.3) is 0 Å². The zero-order valence-corrected chi connectivity index (χ0v) is 12.3. The number of hydrogen-bond acceptors (Lipinski definition) is 4. The van der Waals surface area contributed by atoms with Gasteiger partial charge < -0.3 is 14.9 Å². The third-order valence-corrected chi connectivity index (χ3v) is 4.20. The van der Waals surface area contributed by atoms with E-state index < -0.39 is 6.41 Å². The average molecular weight is 277 g/mol. The van der Waals surface area contributed by atoms with Gasteiger partial charge in [-0.25, -0.2) is 4.90 Å². The van der Waals surface area contributed by atoms with Crippen LogP contribution in [0.25, 0.3) is 0 Å². The Hall–Kier alpha value is -0.940. The zero-order valence-electron chi connectivity index (χ0n) is 12.3. The molecule has 2 aliphatic rings.